The van der Waals surface area contributed by atoms with Crippen LogP contribution in [0.25, 0.3) is 0 Å². The third-order valence-corrected chi connectivity index (χ3v) is 3.60. The van der Waals surface area contributed by atoms with Crippen molar-refractivity contribution in [3.05, 3.63) is 29.1 Å². The van der Waals surface area contributed by atoms with Crippen molar-refractivity contribution < 1.29 is 19.0 Å². The van der Waals surface area contributed by atoms with Crippen LogP contribution < -0.4 is 4.74 Å². The van der Waals surface area contributed by atoms with Crippen molar-refractivity contribution in [3.8, 4) is 5.75 Å². The number of aryl methyl sites for hydroxylation is 1. The number of methoxy groups -OCH3 is 1. The highest BCUT2D eigenvalue weighted by atomic mass is 19.1. The molecule has 0 heterocycles. The summed E-state index contributed by atoms with van der Waals surface area (Å²) in [6.07, 6.45) is 1.75. The first-order chi connectivity index (χ1) is 8.03. The minimum Gasteiger partial charge on any atom is -0.496 e. The van der Waals surface area contributed by atoms with E-state index in [0.717, 1.165) is 12.0 Å². The fourth-order valence-electron chi connectivity index (χ4n) is 2.47. The summed E-state index contributed by atoms with van der Waals surface area (Å²) in [6, 6.07) is 2.92. The van der Waals surface area contributed by atoms with Crippen LogP contribution in [0, 0.1) is 12.7 Å². The largest absolute Gasteiger partial charge is 0.496 e. The van der Waals surface area contributed by atoms with E-state index in [1.807, 2.05) is 0 Å². The van der Waals surface area contributed by atoms with E-state index in [1.165, 1.54) is 13.2 Å². The predicted octanol–water partition coefficient (Wildman–Crippen LogP) is 2.65. The lowest BCUT2D eigenvalue weighted by Gasteiger charge is -2.39. The zero-order valence-corrected chi connectivity index (χ0v) is 9.92. The van der Waals surface area contributed by atoms with E-state index in [2.05, 4.69) is 0 Å². The maximum Gasteiger partial charge on any atom is 0.314 e. The molecule has 1 saturated carbocycles. The van der Waals surface area contributed by atoms with Crippen LogP contribution in [0.3, 0.4) is 0 Å². The molecule has 2 rings (SSSR count). The van der Waals surface area contributed by atoms with Crippen LogP contribution in [-0.2, 0) is 10.2 Å². The molecule has 3 nitrogen and oxygen atoms in total. The Kier molecular flexibility index (Phi) is 2.81. The number of carbonyl (C=O) groups is 1. The number of halogens is 1. The molecule has 0 saturated heterocycles. The van der Waals surface area contributed by atoms with E-state index in [9.17, 15) is 14.3 Å². The molecule has 1 aliphatic carbocycles. The number of rotatable bonds is 3. The van der Waals surface area contributed by atoms with Crippen LogP contribution in [0.2, 0.25) is 0 Å². The molecule has 4 heteroatoms. The van der Waals surface area contributed by atoms with E-state index in [1.54, 1.807) is 13.0 Å². The molecule has 1 aromatic carbocycles. The Balaban J connectivity index is 2.65. The van der Waals surface area contributed by atoms with Crippen LogP contribution in [0.15, 0.2) is 12.1 Å². The highest BCUT2D eigenvalue weighted by Crippen LogP contribution is 2.49. The molecular weight excluding hydrogens is 223 g/mol. The molecule has 0 spiro atoms. The predicted molar refractivity (Wildman–Crippen MR) is 60.9 cm³/mol. The summed E-state index contributed by atoms with van der Waals surface area (Å²) < 4.78 is 19.1. The zero-order valence-electron chi connectivity index (χ0n) is 9.92. The van der Waals surface area contributed by atoms with Gasteiger partial charge in [0.1, 0.15) is 11.6 Å². The lowest BCUT2D eigenvalue weighted by molar-refractivity contribution is -0.147. The Morgan fingerprint density at radius 2 is 2.12 bits per heavy atom. The van der Waals surface area contributed by atoms with Gasteiger partial charge in [-0.2, -0.15) is 0 Å². The van der Waals surface area contributed by atoms with Gasteiger partial charge < -0.3 is 9.84 Å². The Hall–Kier alpha value is -1.58. The Labute approximate surface area is 99.2 Å². The second-order valence-electron chi connectivity index (χ2n) is 4.51. The van der Waals surface area contributed by atoms with Crippen molar-refractivity contribution in [2.24, 2.45) is 0 Å². The van der Waals surface area contributed by atoms with E-state index < -0.39 is 17.2 Å². The first-order valence-corrected chi connectivity index (χ1v) is 5.60. The Bertz CT molecular complexity index is 464. The number of hydrogen-bond donors (Lipinski definition) is 1. The average molecular weight is 238 g/mol. The van der Waals surface area contributed by atoms with Gasteiger partial charge in [-0.15, -0.1) is 0 Å². The second kappa shape index (κ2) is 4.02. The van der Waals surface area contributed by atoms with Crippen LogP contribution in [0.5, 0.6) is 5.75 Å². The summed E-state index contributed by atoms with van der Waals surface area (Å²) in [7, 11) is 1.44. The van der Waals surface area contributed by atoms with E-state index >= 15 is 0 Å². The normalized spacial score (nSPS) is 17.4. The summed E-state index contributed by atoms with van der Waals surface area (Å²) in [5, 5.41) is 9.35. The first kappa shape index (κ1) is 11.9. The van der Waals surface area contributed by atoms with Crippen molar-refractivity contribution in [3.63, 3.8) is 0 Å². The van der Waals surface area contributed by atoms with Crippen molar-refractivity contribution in [2.45, 2.75) is 31.6 Å². The minimum absolute atomic E-state index is 0.207. The van der Waals surface area contributed by atoms with Gasteiger partial charge in [-0.3, -0.25) is 4.79 Å². The Morgan fingerprint density at radius 3 is 2.53 bits per heavy atom. The molecule has 0 radical (unpaired) electrons. The minimum atomic E-state index is -1.10. The molecule has 0 bridgehead atoms. The molecule has 17 heavy (non-hydrogen) atoms. The molecule has 1 fully saturated rings. The Morgan fingerprint density at radius 1 is 1.47 bits per heavy atom. The summed E-state index contributed by atoms with van der Waals surface area (Å²) >= 11 is 0. The van der Waals surface area contributed by atoms with E-state index in [0.29, 0.717) is 18.6 Å². The van der Waals surface area contributed by atoms with Crippen LogP contribution >= 0.6 is 0 Å². The highest BCUT2D eigenvalue weighted by molar-refractivity contribution is 5.84. The van der Waals surface area contributed by atoms with Gasteiger partial charge in [0.2, 0.25) is 0 Å². The fraction of sp³-hybridized carbons (Fsp3) is 0.462. The van der Waals surface area contributed by atoms with Gasteiger partial charge in [0.15, 0.2) is 0 Å². The molecule has 1 aromatic rings. The van der Waals surface area contributed by atoms with Gasteiger partial charge in [-0.25, -0.2) is 4.39 Å². The standard InChI is InChI=1S/C13H15FO3/c1-8-4-5-9(14)10(11(8)17-2)13(12(15)16)6-3-7-13/h4-5H,3,6-7H2,1-2H3,(H,15,16). The summed E-state index contributed by atoms with van der Waals surface area (Å²) in [5.74, 6) is -1.09. The quantitative estimate of drug-likeness (QED) is 0.880. The van der Waals surface area contributed by atoms with E-state index in [-0.39, 0.29) is 5.56 Å². The van der Waals surface area contributed by atoms with Gasteiger partial charge >= 0.3 is 5.97 Å². The molecule has 92 valence electrons. The molecule has 1 N–H and O–H groups in total. The van der Waals surface area contributed by atoms with Gasteiger partial charge in [-0.1, -0.05) is 12.5 Å². The van der Waals surface area contributed by atoms with Crippen LogP contribution in [0.4, 0.5) is 4.39 Å². The van der Waals surface area contributed by atoms with Gasteiger partial charge in [-0.05, 0) is 31.4 Å². The molecule has 0 aromatic heterocycles. The van der Waals surface area contributed by atoms with Gasteiger partial charge in [0.05, 0.1) is 12.5 Å². The lowest BCUT2D eigenvalue weighted by Crippen LogP contribution is -2.43. The van der Waals surface area contributed by atoms with Crippen LogP contribution in [0.1, 0.15) is 30.4 Å². The zero-order chi connectivity index (χ0) is 12.6. The topological polar surface area (TPSA) is 46.5 Å². The summed E-state index contributed by atoms with van der Waals surface area (Å²) in [6.45, 7) is 1.79. The average Bonchev–Trinajstić information content (AvgIpc) is 2.21. The smallest absolute Gasteiger partial charge is 0.314 e. The summed E-state index contributed by atoms with van der Waals surface area (Å²) in [4.78, 5) is 11.4. The monoisotopic (exact) mass is 238 g/mol. The molecule has 0 unspecified atom stereocenters. The number of carboxylic acid groups (broad SMARTS) is 1. The number of aliphatic carboxylic acids is 1. The van der Waals surface area contributed by atoms with Gasteiger partial charge in [0, 0.05) is 5.56 Å². The number of hydrogen-bond acceptors (Lipinski definition) is 2. The molecule has 1 aliphatic rings. The third kappa shape index (κ3) is 1.59. The molecule has 0 aliphatic heterocycles. The molecule has 0 amide bonds. The number of carboxylic acids is 1. The maximum atomic E-state index is 14.0. The molecule has 0 atom stereocenters. The van der Waals surface area contributed by atoms with Crippen molar-refractivity contribution in [1.82, 2.24) is 0 Å². The highest BCUT2D eigenvalue weighted by Gasteiger charge is 2.49. The second-order valence-corrected chi connectivity index (χ2v) is 4.51. The first-order valence-electron chi connectivity index (χ1n) is 5.60. The number of benzene rings is 1. The SMILES string of the molecule is COc1c(C)ccc(F)c1C1(C(=O)O)CCC1. The lowest BCUT2D eigenvalue weighted by atomic mass is 9.64. The van der Waals surface area contributed by atoms with Crippen molar-refractivity contribution in [1.29, 1.82) is 0 Å². The summed E-state index contributed by atoms with van der Waals surface area (Å²) in [5.41, 5.74) is -0.128. The van der Waals surface area contributed by atoms with Crippen molar-refractivity contribution in [2.75, 3.05) is 7.11 Å². The maximum absolute atomic E-state index is 14.0. The molecular formula is C13H15FO3. The van der Waals surface area contributed by atoms with E-state index in [4.69, 9.17) is 4.74 Å². The van der Waals surface area contributed by atoms with Crippen LogP contribution in [-0.4, -0.2) is 18.2 Å². The fourth-order valence-corrected chi connectivity index (χ4v) is 2.47. The third-order valence-electron chi connectivity index (χ3n) is 3.60. The number of ether oxygens (including phenoxy) is 1. The van der Waals surface area contributed by atoms with Crippen molar-refractivity contribution >= 4 is 5.97 Å². The van der Waals surface area contributed by atoms with Gasteiger partial charge in [0.25, 0.3) is 0 Å².